The van der Waals surface area contributed by atoms with Crippen molar-refractivity contribution in [2.45, 2.75) is 6.54 Å². The molecule has 0 N–H and O–H groups in total. The molecule has 0 bridgehead atoms. The summed E-state index contributed by atoms with van der Waals surface area (Å²) in [5, 5.41) is 4.82. The number of ether oxygens (including phenoxy) is 2. The Morgan fingerprint density at radius 1 is 1.07 bits per heavy atom. The van der Waals surface area contributed by atoms with Crippen LogP contribution in [-0.4, -0.2) is 32.5 Å². The van der Waals surface area contributed by atoms with Gasteiger partial charge in [-0.25, -0.2) is 9.67 Å². The zero-order valence-electron chi connectivity index (χ0n) is 14.7. The maximum absolute atomic E-state index is 13.0. The molecule has 2 aromatic heterocycles. The lowest BCUT2D eigenvalue weighted by Gasteiger charge is -2.20. The van der Waals surface area contributed by atoms with E-state index in [9.17, 15) is 4.79 Å². The van der Waals surface area contributed by atoms with Crippen molar-refractivity contribution in [1.82, 2.24) is 19.3 Å². The lowest BCUT2D eigenvalue weighted by atomic mass is 10.2. The van der Waals surface area contributed by atoms with E-state index in [0.29, 0.717) is 42.3 Å². The zero-order valence-corrected chi connectivity index (χ0v) is 16.3. The Morgan fingerprint density at radius 2 is 1.82 bits per heavy atom. The second kappa shape index (κ2) is 6.79. The largest absolute Gasteiger partial charge is 0.486 e. The molecule has 5 rings (SSSR count). The number of rotatable bonds is 3. The summed E-state index contributed by atoms with van der Waals surface area (Å²) in [6.07, 6.45) is 3.11. The molecule has 0 saturated heterocycles. The maximum Gasteiger partial charge on any atom is 0.264 e. The van der Waals surface area contributed by atoms with Crippen molar-refractivity contribution >= 4 is 27.0 Å². The Hall–Kier alpha value is -3.13. The Morgan fingerprint density at radius 3 is 2.61 bits per heavy atom. The van der Waals surface area contributed by atoms with Gasteiger partial charge in [-0.05, 0) is 29.8 Å². The summed E-state index contributed by atoms with van der Waals surface area (Å²) in [6.45, 7) is 1.40. The molecule has 0 saturated carbocycles. The summed E-state index contributed by atoms with van der Waals surface area (Å²) >= 11 is 3.55. The molecule has 0 radical (unpaired) electrons. The molecule has 3 heterocycles. The van der Waals surface area contributed by atoms with E-state index >= 15 is 0 Å². The molecule has 2 aromatic carbocycles. The smallest absolute Gasteiger partial charge is 0.264 e. The highest BCUT2D eigenvalue weighted by molar-refractivity contribution is 9.10. The number of hydrogen-bond donors (Lipinski definition) is 0. The summed E-state index contributed by atoms with van der Waals surface area (Å²) in [6, 6.07) is 13.4. The molecular formula is C20H15BrN4O3. The van der Waals surface area contributed by atoms with Gasteiger partial charge in [-0.3, -0.25) is 9.36 Å². The van der Waals surface area contributed by atoms with E-state index in [1.54, 1.807) is 21.8 Å². The van der Waals surface area contributed by atoms with Crippen LogP contribution in [0.4, 0.5) is 0 Å². The fourth-order valence-electron chi connectivity index (χ4n) is 3.23. The van der Waals surface area contributed by atoms with Gasteiger partial charge >= 0.3 is 0 Å². The normalized spacial score (nSPS) is 13.0. The van der Waals surface area contributed by atoms with E-state index in [0.717, 1.165) is 15.7 Å². The third-order valence-electron chi connectivity index (χ3n) is 4.61. The van der Waals surface area contributed by atoms with Crippen LogP contribution in [0.25, 0.3) is 16.7 Å². The fourth-order valence-corrected chi connectivity index (χ4v) is 3.68. The van der Waals surface area contributed by atoms with Gasteiger partial charge in [0.1, 0.15) is 24.9 Å². The third kappa shape index (κ3) is 2.86. The van der Waals surface area contributed by atoms with E-state index in [-0.39, 0.29) is 5.56 Å². The lowest BCUT2D eigenvalue weighted by molar-refractivity contribution is 0.171. The summed E-state index contributed by atoms with van der Waals surface area (Å²) < 4.78 is 15.3. The Bertz CT molecular complexity index is 1230. The minimum Gasteiger partial charge on any atom is -0.486 e. The van der Waals surface area contributed by atoms with Crippen molar-refractivity contribution in [3.05, 3.63) is 75.4 Å². The van der Waals surface area contributed by atoms with Gasteiger partial charge in [-0.2, -0.15) is 5.10 Å². The van der Waals surface area contributed by atoms with Crippen LogP contribution < -0.4 is 15.0 Å². The molecule has 0 aliphatic carbocycles. The van der Waals surface area contributed by atoms with E-state index < -0.39 is 0 Å². The highest BCUT2D eigenvalue weighted by Crippen LogP contribution is 2.35. The molecule has 140 valence electrons. The predicted octanol–water partition coefficient (Wildman–Crippen LogP) is 3.16. The lowest BCUT2D eigenvalue weighted by Crippen LogP contribution is -2.22. The number of para-hydroxylation sites is 1. The van der Waals surface area contributed by atoms with Crippen LogP contribution in [-0.2, 0) is 6.54 Å². The molecule has 0 fully saturated rings. The fraction of sp³-hybridized carbons (Fsp3) is 0.150. The molecule has 8 heteroatoms. The summed E-state index contributed by atoms with van der Waals surface area (Å²) in [4.78, 5) is 17.5. The van der Waals surface area contributed by atoms with Gasteiger partial charge in [0.15, 0.2) is 17.1 Å². The van der Waals surface area contributed by atoms with Gasteiger partial charge in [-0.15, -0.1) is 0 Å². The van der Waals surface area contributed by atoms with Crippen LogP contribution >= 0.6 is 15.9 Å². The first-order chi connectivity index (χ1) is 13.7. The number of benzene rings is 2. The quantitative estimate of drug-likeness (QED) is 0.491. The van der Waals surface area contributed by atoms with Crippen LogP contribution in [0.2, 0.25) is 0 Å². The number of nitrogens with zero attached hydrogens (tertiary/aromatic N) is 4. The van der Waals surface area contributed by atoms with Crippen molar-refractivity contribution < 1.29 is 9.47 Å². The third-order valence-corrected chi connectivity index (χ3v) is 5.35. The predicted molar refractivity (Wildman–Crippen MR) is 107 cm³/mol. The number of halogens is 1. The van der Waals surface area contributed by atoms with Gasteiger partial charge < -0.3 is 9.47 Å². The van der Waals surface area contributed by atoms with Crippen molar-refractivity contribution in [1.29, 1.82) is 0 Å². The van der Waals surface area contributed by atoms with E-state index in [2.05, 4.69) is 26.0 Å². The SMILES string of the molecule is O=c1c2cnn(-c3ccccc3)c2ncn1Cc1cc2c(cc1Br)OCCO2. The molecule has 1 aliphatic heterocycles. The number of aromatic nitrogens is 4. The zero-order chi connectivity index (χ0) is 19.1. The molecule has 0 atom stereocenters. The minimum atomic E-state index is -0.144. The van der Waals surface area contributed by atoms with Crippen molar-refractivity contribution in [3.8, 4) is 17.2 Å². The molecule has 7 nitrogen and oxygen atoms in total. The first-order valence-electron chi connectivity index (χ1n) is 8.77. The second-order valence-electron chi connectivity index (χ2n) is 6.39. The van der Waals surface area contributed by atoms with Gasteiger partial charge in [0.2, 0.25) is 0 Å². The van der Waals surface area contributed by atoms with Crippen LogP contribution in [0.15, 0.2) is 64.3 Å². The topological polar surface area (TPSA) is 71.2 Å². The first-order valence-corrected chi connectivity index (χ1v) is 9.56. The Balaban J connectivity index is 1.54. The maximum atomic E-state index is 13.0. The summed E-state index contributed by atoms with van der Waals surface area (Å²) in [7, 11) is 0. The summed E-state index contributed by atoms with van der Waals surface area (Å²) in [5.41, 5.74) is 2.15. The van der Waals surface area contributed by atoms with Crippen LogP contribution in [0.1, 0.15) is 5.56 Å². The van der Waals surface area contributed by atoms with Gasteiger partial charge in [0, 0.05) is 4.47 Å². The molecule has 0 unspecified atom stereocenters. The molecule has 4 aromatic rings. The van der Waals surface area contributed by atoms with E-state index in [4.69, 9.17) is 9.47 Å². The average Bonchev–Trinajstić information content (AvgIpc) is 3.16. The van der Waals surface area contributed by atoms with Crippen LogP contribution in [0.3, 0.4) is 0 Å². The number of fused-ring (bicyclic) bond motifs is 2. The van der Waals surface area contributed by atoms with Crippen molar-refractivity contribution in [2.75, 3.05) is 13.2 Å². The average molecular weight is 439 g/mol. The highest BCUT2D eigenvalue weighted by Gasteiger charge is 2.17. The number of hydrogen-bond acceptors (Lipinski definition) is 5. The second-order valence-corrected chi connectivity index (χ2v) is 7.25. The molecule has 0 spiro atoms. The van der Waals surface area contributed by atoms with E-state index in [1.807, 2.05) is 42.5 Å². The van der Waals surface area contributed by atoms with Gasteiger partial charge in [-0.1, -0.05) is 34.1 Å². The molecule has 1 aliphatic rings. The van der Waals surface area contributed by atoms with Crippen LogP contribution in [0, 0.1) is 0 Å². The standard InChI is InChI=1S/C20H15BrN4O3/c21-16-9-18-17(27-6-7-28-18)8-13(16)11-24-12-22-19-15(20(24)26)10-23-25(19)14-4-2-1-3-5-14/h1-5,8-10,12H,6-7,11H2. The van der Waals surface area contributed by atoms with Crippen LogP contribution in [0.5, 0.6) is 11.5 Å². The Kier molecular flexibility index (Phi) is 4.12. The highest BCUT2D eigenvalue weighted by atomic mass is 79.9. The monoisotopic (exact) mass is 438 g/mol. The molecule has 28 heavy (non-hydrogen) atoms. The van der Waals surface area contributed by atoms with Gasteiger partial charge in [0.25, 0.3) is 5.56 Å². The minimum absolute atomic E-state index is 0.144. The first kappa shape index (κ1) is 17.0. The van der Waals surface area contributed by atoms with Crippen molar-refractivity contribution in [3.63, 3.8) is 0 Å². The summed E-state index contributed by atoms with van der Waals surface area (Å²) in [5.74, 6) is 1.38. The molecule has 0 amide bonds. The van der Waals surface area contributed by atoms with Gasteiger partial charge in [0.05, 0.1) is 18.4 Å². The molecular weight excluding hydrogens is 424 g/mol. The Labute approximate surface area is 168 Å². The van der Waals surface area contributed by atoms with Crippen molar-refractivity contribution in [2.24, 2.45) is 0 Å². The van der Waals surface area contributed by atoms with E-state index in [1.165, 1.54) is 0 Å².